The number of methoxy groups -OCH3 is 2. The molecule has 3 aromatic carbocycles. The molecule has 0 fully saturated rings. The lowest BCUT2D eigenvalue weighted by Gasteiger charge is -2.34. The first-order valence-corrected chi connectivity index (χ1v) is 17.0. The molecule has 12 heteroatoms. The molecule has 0 bridgehead atoms. The van der Waals surface area contributed by atoms with Crippen molar-refractivity contribution in [2.24, 2.45) is 0 Å². The molecule has 1 N–H and O–H groups in total. The highest BCUT2D eigenvalue weighted by Gasteiger charge is 2.28. The largest absolute Gasteiger partial charge is 0.465 e. The van der Waals surface area contributed by atoms with Crippen LogP contribution >= 0.6 is 15.9 Å². The summed E-state index contributed by atoms with van der Waals surface area (Å²) in [5.74, 6) is -0.534. The van der Waals surface area contributed by atoms with Crippen LogP contribution in [0.4, 0.5) is 0 Å². The number of hydrogen-bond donors (Lipinski definition) is 1. The molecule has 0 saturated heterocycles. The summed E-state index contributed by atoms with van der Waals surface area (Å²) in [6.07, 6.45) is 4.29. The van der Waals surface area contributed by atoms with Crippen LogP contribution in [0.25, 0.3) is 0 Å². The zero-order valence-corrected chi connectivity index (χ0v) is 29.8. The van der Waals surface area contributed by atoms with Gasteiger partial charge in [-0.15, -0.1) is 0 Å². The van der Waals surface area contributed by atoms with Crippen molar-refractivity contribution in [2.75, 3.05) is 33.9 Å². The molecule has 6 rings (SSSR count). The van der Waals surface area contributed by atoms with E-state index in [4.69, 9.17) is 9.47 Å². The van der Waals surface area contributed by atoms with Gasteiger partial charge in [0.05, 0.1) is 37.7 Å². The van der Waals surface area contributed by atoms with Gasteiger partial charge in [0.25, 0.3) is 14.8 Å². The molecule has 2 radical (unpaired) electrons. The van der Waals surface area contributed by atoms with Crippen LogP contribution in [0.5, 0.6) is 0 Å². The number of hydrogen-bond acceptors (Lipinski definition) is 9. The Labute approximate surface area is 293 Å². The lowest BCUT2D eigenvalue weighted by Crippen LogP contribution is -2.38. The second-order valence-electron chi connectivity index (χ2n) is 11.9. The number of carbonyl (C=O) groups is 4. The first-order valence-electron chi connectivity index (χ1n) is 16.2. The number of rotatable bonds is 6. The molecule has 3 aliphatic heterocycles. The van der Waals surface area contributed by atoms with Crippen LogP contribution in [-0.2, 0) is 38.3 Å². The number of fused-ring (bicyclic) bond motifs is 3. The molecule has 48 heavy (non-hydrogen) atoms. The number of carbonyl (C=O) groups excluding carboxylic acids is 4. The van der Waals surface area contributed by atoms with Crippen LogP contribution in [0.15, 0.2) is 59.1 Å². The van der Waals surface area contributed by atoms with Crippen LogP contribution in [0.1, 0.15) is 93.0 Å². The van der Waals surface area contributed by atoms with E-state index in [2.05, 4.69) is 58.1 Å². The first-order chi connectivity index (χ1) is 23.2. The summed E-state index contributed by atoms with van der Waals surface area (Å²) in [5.41, 5.74) is 8.50. The average Bonchev–Trinajstić information content (AvgIpc) is 3.11. The Morgan fingerprint density at radius 3 is 1.71 bits per heavy atom. The molecule has 250 valence electrons. The highest BCUT2D eigenvalue weighted by Crippen LogP contribution is 2.33. The van der Waals surface area contributed by atoms with E-state index in [1.165, 1.54) is 35.4 Å². The summed E-state index contributed by atoms with van der Waals surface area (Å²) in [4.78, 5) is 48.4. The second-order valence-corrected chi connectivity index (χ2v) is 12.7. The van der Waals surface area contributed by atoms with Gasteiger partial charge in [-0.05, 0) is 111 Å². The van der Waals surface area contributed by atoms with Crippen LogP contribution in [0, 0.1) is 0 Å². The van der Waals surface area contributed by atoms with E-state index in [9.17, 15) is 19.2 Å². The summed E-state index contributed by atoms with van der Waals surface area (Å²) in [6.45, 7) is 8.83. The Morgan fingerprint density at radius 1 is 0.729 bits per heavy atom. The maximum atomic E-state index is 11.7. The second kappa shape index (κ2) is 17.7. The zero-order chi connectivity index (χ0) is 34.8. The van der Waals surface area contributed by atoms with Crippen LogP contribution < -0.4 is 5.32 Å². The van der Waals surface area contributed by atoms with Crippen molar-refractivity contribution in [1.82, 2.24) is 14.9 Å². The number of nitrogens with one attached hydrogen (secondary N) is 1. The predicted molar refractivity (Wildman–Crippen MR) is 192 cm³/mol. The molecule has 0 aliphatic carbocycles. The Kier molecular flexibility index (Phi) is 13.8. The predicted octanol–water partition coefficient (Wildman–Crippen LogP) is 5.06. The minimum Gasteiger partial charge on any atom is -0.465 e. The third-order valence-corrected chi connectivity index (χ3v) is 10.1. The minimum absolute atomic E-state index is 0.101. The van der Waals surface area contributed by atoms with Gasteiger partial charge in [-0.2, -0.15) is 0 Å². The van der Waals surface area contributed by atoms with Gasteiger partial charge in [0.2, 0.25) is 0 Å². The summed E-state index contributed by atoms with van der Waals surface area (Å²) in [7, 11) is 6.00. The Bertz CT molecular complexity index is 1620. The van der Waals surface area contributed by atoms with Crippen molar-refractivity contribution < 1.29 is 28.7 Å². The Morgan fingerprint density at radius 2 is 1.19 bits per heavy atom. The number of benzene rings is 3. The van der Waals surface area contributed by atoms with Gasteiger partial charge in [0, 0.05) is 22.6 Å². The SMILES string of the molecule is COC(=O)c1cccc2c1CCN([B]C=O)[C@H]2C.COC(=O)c1cccc2c1CCN[C@H]2C.C[C@H]1c2cccc(Br)c2CCN1[B]C=O. The Hall–Kier alpha value is -3.57. The molecular formula is C36H42B2BrN3O6. The van der Waals surface area contributed by atoms with Crippen molar-refractivity contribution in [2.45, 2.75) is 58.2 Å². The smallest absolute Gasteiger partial charge is 0.338 e. The minimum atomic E-state index is -0.299. The number of ether oxygens (including phenoxy) is 2. The van der Waals surface area contributed by atoms with Gasteiger partial charge in [-0.25, -0.2) is 9.59 Å². The van der Waals surface area contributed by atoms with Crippen molar-refractivity contribution in [1.29, 1.82) is 0 Å². The number of nitrogens with zero attached hydrogens (tertiary/aromatic N) is 2. The highest BCUT2D eigenvalue weighted by atomic mass is 79.9. The van der Waals surface area contributed by atoms with Crippen molar-refractivity contribution in [3.8, 4) is 0 Å². The third-order valence-electron chi connectivity index (χ3n) is 9.32. The molecule has 3 aromatic rings. The van der Waals surface area contributed by atoms with Crippen molar-refractivity contribution in [3.05, 3.63) is 104 Å². The van der Waals surface area contributed by atoms with Gasteiger partial charge < -0.3 is 34.0 Å². The topological polar surface area (TPSA) is 105 Å². The first kappa shape index (κ1) is 37.3. The monoisotopic (exact) mass is 713 g/mol. The molecule has 3 atom stereocenters. The van der Waals surface area contributed by atoms with Gasteiger partial charge in [0.1, 0.15) is 0 Å². The van der Waals surface area contributed by atoms with E-state index in [1.54, 1.807) is 20.9 Å². The van der Waals surface area contributed by atoms with E-state index in [-0.39, 0.29) is 24.0 Å². The van der Waals surface area contributed by atoms with E-state index < -0.39 is 0 Å². The summed E-state index contributed by atoms with van der Waals surface area (Å²) in [6, 6.07) is 18.4. The molecule has 0 spiro atoms. The standard InChI is InChI=1S/C13H15BNO3.C12H15NO2.C11H12BBrNO/c1-9-10-4-3-5-12(13(17)18-2)11(10)6-7-15(9)14-8-16;1-8-9-4-3-5-11(12(14)15-2)10(9)6-7-13-8;1-8-9-3-2-4-11(13)10(9)5-6-14(8)12-7-15/h3-5,8-9H,6-7H2,1-2H3;3-5,8,13H,6-7H2,1-2H3;2-4,7-8H,5-6H2,1H3/t9-;2*8-/m000/s1. The fraction of sp³-hybridized carbons (Fsp3) is 0.389. The van der Waals surface area contributed by atoms with Crippen molar-refractivity contribution in [3.63, 3.8) is 0 Å². The summed E-state index contributed by atoms with van der Waals surface area (Å²) in [5, 5.41) is 3.37. The zero-order valence-electron chi connectivity index (χ0n) is 28.2. The number of halogens is 1. The molecule has 0 unspecified atom stereocenters. The maximum Gasteiger partial charge on any atom is 0.338 e. The van der Waals surface area contributed by atoms with Crippen molar-refractivity contribution >= 4 is 55.1 Å². The molecule has 3 heterocycles. The molecule has 0 amide bonds. The van der Waals surface area contributed by atoms with Crippen LogP contribution in [-0.4, -0.2) is 82.6 Å². The van der Waals surface area contributed by atoms with E-state index >= 15 is 0 Å². The number of esters is 2. The molecule has 0 aromatic heterocycles. The van der Waals surface area contributed by atoms with Gasteiger partial charge in [-0.1, -0.05) is 52.3 Å². The summed E-state index contributed by atoms with van der Waals surface area (Å²) < 4.78 is 10.8. The van der Waals surface area contributed by atoms with Gasteiger partial charge in [0.15, 0.2) is 0 Å². The van der Waals surface area contributed by atoms with Crippen LogP contribution in [0.3, 0.4) is 0 Å². The quantitative estimate of drug-likeness (QED) is 0.213. The summed E-state index contributed by atoms with van der Waals surface area (Å²) >= 11 is 3.57. The van der Waals surface area contributed by atoms with Gasteiger partial charge in [-0.3, -0.25) is 0 Å². The lowest BCUT2D eigenvalue weighted by molar-refractivity contribution is 0.0590. The van der Waals surface area contributed by atoms with E-state index in [0.717, 1.165) is 68.0 Å². The van der Waals surface area contributed by atoms with E-state index in [0.29, 0.717) is 17.2 Å². The maximum absolute atomic E-state index is 11.7. The van der Waals surface area contributed by atoms with E-state index in [1.807, 2.05) is 42.1 Å². The third kappa shape index (κ3) is 8.52. The fourth-order valence-corrected chi connectivity index (χ4v) is 7.29. The molecule has 0 saturated carbocycles. The normalized spacial score (nSPS) is 19.7. The highest BCUT2D eigenvalue weighted by molar-refractivity contribution is 9.10. The average molecular weight is 714 g/mol. The lowest BCUT2D eigenvalue weighted by atomic mass is 9.82. The Balaban J connectivity index is 0.000000164. The fourth-order valence-electron chi connectivity index (χ4n) is 6.71. The van der Waals surface area contributed by atoms with Gasteiger partial charge >= 0.3 is 11.9 Å². The van der Waals surface area contributed by atoms with Crippen LogP contribution in [0.2, 0.25) is 0 Å². The molecule has 3 aliphatic rings. The molecule has 9 nitrogen and oxygen atoms in total. The molecular weight excluding hydrogens is 672 g/mol.